The molecular weight excluding hydrogens is 99.0 g/mol. The van der Waals surface area contributed by atoms with Gasteiger partial charge in [0.25, 0.3) is 0 Å². The molecule has 1 atom stereocenters. The first-order valence-corrected chi connectivity index (χ1v) is 2.14. The first-order valence-electron chi connectivity index (χ1n) is 2.14. The molecule has 0 saturated carbocycles. The number of aliphatic hydroxyl groups excluding tert-OH is 1. The molecule has 0 bridgehead atoms. The maximum absolute atomic E-state index is 11.6. The number of hydrogen-bond acceptors (Lipinski definition) is 2. The minimum Gasteiger partial charge on any atom is -0.394 e. The van der Waals surface area contributed by atoms with Gasteiger partial charge >= 0.3 is 0 Å². The van der Waals surface area contributed by atoms with Crippen LogP contribution < -0.4 is 0 Å². The molecule has 0 spiro atoms. The Balaban J connectivity index is 2.68. The molecule has 0 fully saturated rings. The van der Waals surface area contributed by atoms with Gasteiger partial charge in [-0.15, -0.1) is 0 Å². The third kappa shape index (κ3) is 5.85. The summed E-state index contributed by atoms with van der Waals surface area (Å²) in [4.78, 5) is 0. The van der Waals surface area contributed by atoms with Crippen LogP contribution in [0.15, 0.2) is 0 Å². The van der Waals surface area contributed by atoms with Gasteiger partial charge in [0, 0.05) is 0 Å². The summed E-state index contributed by atoms with van der Waals surface area (Å²) in [7, 11) is 0. The van der Waals surface area contributed by atoms with Crippen LogP contribution in [-0.4, -0.2) is 24.7 Å². The van der Waals surface area contributed by atoms with E-state index >= 15 is 0 Å². The van der Waals surface area contributed by atoms with E-state index < -0.39 is 6.36 Å². The summed E-state index contributed by atoms with van der Waals surface area (Å²) < 4.78 is 15.8. The summed E-state index contributed by atoms with van der Waals surface area (Å²) in [5.41, 5.74) is 0. The molecule has 3 heteroatoms. The molecule has 0 aliphatic rings. The molecule has 0 aromatic heterocycles. The van der Waals surface area contributed by atoms with Crippen LogP contribution in [0.4, 0.5) is 4.39 Å². The molecule has 0 aliphatic heterocycles. The second-order valence-corrected chi connectivity index (χ2v) is 1.14. The van der Waals surface area contributed by atoms with Crippen molar-refractivity contribution in [2.45, 2.75) is 13.3 Å². The molecule has 44 valence electrons. The van der Waals surface area contributed by atoms with Crippen molar-refractivity contribution in [1.29, 1.82) is 0 Å². The number of alkyl halides is 1. The van der Waals surface area contributed by atoms with E-state index in [9.17, 15) is 4.39 Å². The molecule has 0 heterocycles. The lowest BCUT2D eigenvalue weighted by Gasteiger charge is -1.98. The third-order valence-electron chi connectivity index (χ3n) is 0.439. The van der Waals surface area contributed by atoms with E-state index in [1.165, 1.54) is 6.92 Å². The van der Waals surface area contributed by atoms with Crippen LogP contribution >= 0.6 is 0 Å². The molecule has 0 aromatic carbocycles. The molecule has 0 rings (SSSR count). The van der Waals surface area contributed by atoms with Gasteiger partial charge in [0.2, 0.25) is 0 Å². The Labute approximate surface area is 41.9 Å². The average Bonchev–Trinajstić information content (AvgIpc) is 1.61. The number of aliphatic hydroxyl groups is 1. The third-order valence-corrected chi connectivity index (χ3v) is 0.439. The highest BCUT2D eigenvalue weighted by atomic mass is 19.1. The molecule has 7 heavy (non-hydrogen) atoms. The second-order valence-electron chi connectivity index (χ2n) is 1.14. The van der Waals surface area contributed by atoms with Gasteiger partial charge < -0.3 is 9.84 Å². The summed E-state index contributed by atoms with van der Waals surface area (Å²) in [6, 6.07) is 0. The molecule has 2 nitrogen and oxygen atoms in total. The largest absolute Gasteiger partial charge is 0.394 e. The number of ether oxygens (including phenoxy) is 1. The molecule has 0 aromatic rings. The highest BCUT2D eigenvalue weighted by Crippen LogP contribution is 1.87. The Bertz CT molecular complexity index is 38.7. The second kappa shape index (κ2) is 4.02. The van der Waals surface area contributed by atoms with E-state index in [1.54, 1.807) is 0 Å². The van der Waals surface area contributed by atoms with E-state index in [0.717, 1.165) is 0 Å². The minimum absolute atomic E-state index is 0.0810. The lowest BCUT2D eigenvalue weighted by molar-refractivity contribution is -0.0378. The summed E-state index contributed by atoms with van der Waals surface area (Å²) in [6.45, 7) is 1.24. The fourth-order valence-electron chi connectivity index (χ4n) is 0.215. The van der Waals surface area contributed by atoms with Gasteiger partial charge in [0.05, 0.1) is 13.2 Å². The summed E-state index contributed by atoms with van der Waals surface area (Å²) in [5, 5.41) is 8.02. The van der Waals surface area contributed by atoms with E-state index in [0.29, 0.717) is 0 Å². The number of halogens is 1. The van der Waals surface area contributed by atoms with E-state index in [1.807, 2.05) is 0 Å². The van der Waals surface area contributed by atoms with Crippen molar-refractivity contribution in [2.24, 2.45) is 0 Å². The van der Waals surface area contributed by atoms with Crippen molar-refractivity contribution >= 4 is 0 Å². The van der Waals surface area contributed by atoms with Crippen LogP contribution in [0.25, 0.3) is 0 Å². The fraction of sp³-hybridized carbons (Fsp3) is 1.00. The van der Waals surface area contributed by atoms with Gasteiger partial charge in [-0.25, -0.2) is 4.39 Å². The van der Waals surface area contributed by atoms with Crippen molar-refractivity contribution in [3.8, 4) is 0 Å². The van der Waals surface area contributed by atoms with Gasteiger partial charge in [-0.3, -0.25) is 0 Å². The zero-order valence-electron chi connectivity index (χ0n) is 4.22. The average molecular weight is 108 g/mol. The topological polar surface area (TPSA) is 29.5 Å². The molecular formula is C4H9FO2. The lowest BCUT2D eigenvalue weighted by atomic mass is 10.7. The first-order chi connectivity index (χ1) is 3.27. The van der Waals surface area contributed by atoms with Gasteiger partial charge in [-0.2, -0.15) is 0 Å². The fourth-order valence-corrected chi connectivity index (χ4v) is 0.215. The number of hydrogen-bond donors (Lipinski definition) is 1. The minimum atomic E-state index is -1.26. The maximum Gasteiger partial charge on any atom is 0.195 e. The van der Waals surface area contributed by atoms with Gasteiger partial charge in [0.1, 0.15) is 0 Å². The summed E-state index contributed by atoms with van der Waals surface area (Å²) in [5.74, 6) is 0. The quantitative estimate of drug-likeness (QED) is 0.563. The highest BCUT2D eigenvalue weighted by molar-refractivity contribution is 4.24. The van der Waals surface area contributed by atoms with Crippen LogP contribution in [0.1, 0.15) is 6.92 Å². The Hall–Kier alpha value is -0.150. The van der Waals surface area contributed by atoms with Crippen LogP contribution in [0.2, 0.25) is 0 Å². The van der Waals surface area contributed by atoms with Crippen LogP contribution in [0, 0.1) is 0 Å². The van der Waals surface area contributed by atoms with E-state index in [4.69, 9.17) is 5.11 Å². The predicted octanol–water partition coefficient (Wildman–Crippen LogP) is 0.311. The molecule has 0 aliphatic carbocycles. The Kier molecular flexibility index (Phi) is 3.93. The van der Waals surface area contributed by atoms with Crippen LogP contribution in [0.3, 0.4) is 0 Å². The Morgan fingerprint density at radius 1 is 1.86 bits per heavy atom. The Morgan fingerprint density at radius 3 is 2.57 bits per heavy atom. The highest BCUT2D eigenvalue weighted by Gasteiger charge is 1.92. The molecule has 1 N–H and O–H groups in total. The van der Waals surface area contributed by atoms with E-state index in [2.05, 4.69) is 4.74 Å². The SMILES string of the molecule is CC(F)OCCO. The Morgan fingerprint density at radius 2 is 2.43 bits per heavy atom. The zero-order chi connectivity index (χ0) is 5.70. The summed E-state index contributed by atoms with van der Waals surface area (Å²) >= 11 is 0. The molecule has 0 radical (unpaired) electrons. The molecule has 1 unspecified atom stereocenters. The smallest absolute Gasteiger partial charge is 0.195 e. The number of rotatable bonds is 3. The maximum atomic E-state index is 11.6. The van der Waals surface area contributed by atoms with Crippen LogP contribution in [-0.2, 0) is 4.74 Å². The lowest BCUT2D eigenvalue weighted by Crippen LogP contribution is -2.04. The first kappa shape index (κ1) is 6.85. The van der Waals surface area contributed by atoms with E-state index in [-0.39, 0.29) is 13.2 Å². The van der Waals surface area contributed by atoms with Crippen molar-refractivity contribution in [3.05, 3.63) is 0 Å². The van der Waals surface area contributed by atoms with Gasteiger partial charge in [0.15, 0.2) is 6.36 Å². The van der Waals surface area contributed by atoms with Crippen molar-refractivity contribution in [1.82, 2.24) is 0 Å². The van der Waals surface area contributed by atoms with Crippen molar-refractivity contribution in [3.63, 3.8) is 0 Å². The summed E-state index contributed by atoms with van der Waals surface area (Å²) in [6.07, 6.45) is -1.26. The standard InChI is InChI=1S/C4H9FO2/c1-4(5)7-3-2-6/h4,6H,2-3H2,1H3. The monoisotopic (exact) mass is 108 g/mol. The van der Waals surface area contributed by atoms with Gasteiger partial charge in [-0.1, -0.05) is 0 Å². The van der Waals surface area contributed by atoms with Crippen molar-refractivity contribution in [2.75, 3.05) is 13.2 Å². The predicted molar refractivity (Wildman–Crippen MR) is 23.6 cm³/mol. The van der Waals surface area contributed by atoms with Crippen LogP contribution in [0.5, 0.6) is 0 Å². The molecule has 0 amide bonds. The zero-order valence-corrected chi connectivity index (χ0v) is 4.22. The normalized spacial score (nSPS) is 14.1. The molecule has 0 saturated heterocycles. The van der Waals surface area contributed by atoms with Crippen molar-refractivity contribution < 1.29 is 14.2 Å². The van der Waals surface area contributed by atoms with Gasteiger partial charge in [-0.05, 0) is 6.92 Å².